The Kier molecular flexibility index (Phi) is 3.35. The van der Waals surface area contributed by atoms with Gasteiger partial charge in [0.05, 0.1) is 11.4 Å². The third-order valence-electron chi connectivity index (χ3n) is 5.21. The van der Waals surface area contributed by atoms with Crippen LogP contribution < -0.4 is 15.1 Å². The number of benzene rings is 1. The first kappa shape index (κ1) is 15.1. The van der Waals surface area contributed by atoms with Crippen molar-refractivity contribution in [1.29, 1.82) is 0 Å². The van der Waals surface area contributed by atoms with Gasteiger partial charge in [-0.3, -0.25) is 19.7 Å². The van der Waals surface area contributed by atoms with Crippen LogP contribution >= 0.6 is 0 Å². The van der Waals surface area contributed by atoms with Crippen molar-refractivity contribution in [2.45, 2.75) is 44.0 Å². The van der Waals surface area contributed by atoms with E-state index in [1.807, 2.05) is 18.2 Å². The fraction of sp³-hybridized carbons (Fsp3) is 0.471. The molecule has 0 bridgehead atoms. The first-order valence-corrected chi connectivity index (χ1v) is 8.15. The summed E-state index contributed by atoms with van der Waals surface area (Å²) < 4.78 is 0. The van der Waals surface area contributed by atoms with E-state index in [2.05, 4.69) is 5.32 Å². The number of para-hydroxylation sites is 1. The Morgan fingerprint density at radius 2 is 1.96 bits per heavy atom. The summed E-state index contributed by atoms with van der Waals surface area (Å²) in [7, 11) is 1.78. The van der Waals surface area contributed by atoms with Crippen LogP contribution in [0.25, 0.3) is 0 Å². The molecule has 1 aromatic rings. The zero-order valence-electron chi connectivity index (χ0n) is 13.4. The van der Waals surface area contributed by atoms with E-state index in [4.69, 9.17) is 0 Å². The van der Waals surface area contributed by atoms with Crippen molar-refractivity contribution in [2.75, 3.05) is 16.8 Å². The molecule has 2 fully saturated rings. The lowest BCUT2D eigenvalue weighted by Crippen LogP contribution is -2.56. The first-order chi connectivity index (χ1) is 11.5. The predicted octanol–water partition coefficient (Wildman–Crippen LogP) is 0.470. The fourth-order valence-corrected chi connectivity index (χ4v) is 3.88. The second-order valence-corrected chi connectivity index (χ2v) is 6.69. The molecule has 1 saturated carbocycles. The van der Waals surface area contributed by atoms with Crippen molar-refractivity contribution >= 4 is 29.0 Å². The Bertz CT molecular complexity index is 739. The predicted molar refractivity (Wildman–Crippen MR) is 86.5 cm³/mol. The summed E-state index contributed by atoms with van der Waals surface area (Å²) in [5, 5.41) is 13.0. The highest BCUT2D eigenvalue weighted by Crippen LogP contribution is 2.48. The number of carbonyl (C=O) groups is 3. The molecule has 7 heteroatoms. The summed E-state index contributed by atoms with van der Waals surface area (Å²) in [4.78, 5) is 38.4. The van der Waals surface area contributed by atoms with E-state index in [1.54, 1.807) is 16.8 Å². The summed E-state index contributed by atoms with van der Waals surface area (Å²) in [5.41, 5.74) is 2.67. The zero-order valence-corrected chi connectivity index (χ0v) is 13.4. The van der Waals surface area contributed by atoms with Crippen LogP contribution in [0.4, 0.5) is 11.4 Å². The molecule has 126 valence electrons. The molecule has 2 atom stereocenters. The van der Waals surface area contributed by atoms with E-state index < -0.39 is 12.4 Å². The Balaban J connectivity index is 1.72. The van der Waals surface area contributed by atoms with E-state index >= 15 is 0 Å². The fourth-order valence-electron chi connectivity index (χ4n) is 3.88. The van der Waals surface area contributed by atoms with Gasteiger partial charge in [-0.05, 0) is 24.0 Å². The maximum Gasteiger partial charge on any atom is 0.249 e. The Morgan fingerprint density at radius 1 is 1.21 bits per heavy atom. The second-order valence-electron chi connectivity index (χ2n) is 6.69. The van der Waals surface area contributed by atoms with E-state index in [0.29, 0.717) is 19.3 Å². The van der Waals surface area contributed by atoms with E-state index in [-0.39, 0.29) is 29.9 Å². The van der Waals surface area contributed by atoms with Gasteiger partial charge in [0.1, 0.15) is 11.8 Å². The Labute approximate surface area is 139 Å². The minimum Gasteiger partial charge on any atom is -0.356 e. The summed E-state index contributed by atoms with van der Waals surface area (Å²) in [6.07, 6.45) is 0.717. The quantitative estimate of drug-likeness (QED) is 0.767. The molecule has 0 spiro atoms. The number of piperidine rings is 1. The molecule has 2 amide bonds. The van der Waals surface area contributed by atoms with Crippen LogP contribution in [0.2, 0.25) is 0 Å². The number of carbonyl (C=O) groups excluding carboxylic acids is 3. The van der Waals surface area contributed by atoms with Crippen LogP contribution in [0.15, 0.2) is 18.2 Å². The van der Waals surface area contributed by atoms with Crippen LogP contribution in [0.3, 0.4) is 0 Å². The average Bonchev–Trinajstić information content (AvgIpc) is 2.77. The molecular formula is C17H19N3O4. The minimum atomic E-state index is -0.971. The highest BCUT2D eigenvalue weighted by Gasteiger charge is 2.44. The van der Waals surface area contributed by atoms with Gasteiger partial charge < -0.3 is 14.9 Å². The van der Waals surface area contributed by atoms with Gasteiger partial charge in [-0.15, -0.1) is 0 Å². The molecule has 1 aliphatic carbocycles. The van der Waals surface area contributed by atoms with Crippen LogP contribution in [-0.2, 0) is 14.4 Å². The standard InChI is InChI=1S/C17H19N3O4/c1-19-15-11(9-7-10(21)8-9)3-2-4-12(15)20(17(19)24)13-5-6-14(22)18-16(13)23/h2-4,9,13,17,24H,5-8H2,1H3,(H,18,22,23). The molecule has 2 unspecified atom stereocenters. The van der Waals surface area contributed by atoms with Gasteiger partial charge in [0.2, 0.25) is 18.2 Å². The van der Waals surface area contributed by atoms with Crippen LogP contribution in [0, 0.1) is 0 Å². The van der Waals surface area contributed by atoms with E-state index in [0.717, 1.165) is 16.9 Å². The summed E-state index contributed by atoms with van der Waals surface area (Å²) in [5.74, 6) is -0.236. The van der Waals surface area contributed by atoms with Crippen molar-refractivity contribution in [3.8, 4) is 0 Å². The van der Waals surface area contributed by atoms with Gasteiger partial charge in [-0.25, -0.2) is 0 Å². The maximum atomic E-state index is 12.2. The van der Waals surface area contributed by atoms with Crippen LogP contribution in [0.1, 0.15) is 37.2 Å². The number of ketones is 1. The normalized spacial score (nSPS) is 27.2. The highest BCUT2D eigenvalue weighted by molar-refractivity contribution is 6.02. The number of nitrogens with zero attached hydrogens (tertiary/aromatic N) is 2. The largest absolute Gasteiger partial charge is 0.356 e. The maximum absolute atomic E-state index is 12.2. The molecule has 1 aromatic carbocycles. The molecular weight excluding hydrogens is 310 g/mol. The molecule has 0 aromatic heterocycles. The monoisotopic (exact) mass is 329 g/mol. The van der Waals surface area contributed by atoms with Crippen LogP contribution in [0.5, 0.6) is 0 Å². The number of hydrogen-bond donors (Lipinski definition) is 2. The summed E-state index contributed by atoms with van der Waals surface area (Å²) in [6, 6.07) is 5.16. The van der Waals surface area contributed by atoms with Crippen molar-refractivity contribution in [3.63, 3.8) is 0 Å². The van der Waals surface area contributed by atoms with E-state index in [9.17, 15) is 19.5 Å². The zero-order chi connectivity index (χ0) is 17.0. The second kappa shape index (κ2) is 5.31. The molecule has 7 nitrogen and oxygen atoms in total. The number of anilines is 2. The van der Waals surface area contributed by atoms with Gasteiger partial charge in [0.15, 0.2) is 0 Å². The third kappa shape index (κ3) is 2.11. The number of fused-ring (bicyclic) bond motifs is 1. The summed E-state index contributed by atoms with van der Waals surface area (Å²) in [6.45, 7) is 0. The lowest BCUT2D eigenvalue weighted by molar-refractivity contribution is -0.134. The Morgan fingerprint density at radius 3 is 2.62 bits per heavy atom. The first-order valence-electron chi connectivity index (χ1n) is 8.15. The lowest BCUT2D eigenvalue weighted by atomic mass is 9.78. The van der Waals surface area contributed by atoms with Crippen molar-refractivity contribution in [2.24, 2.45) is 0 Å². The topological polar surface area (TPSA) is 90.0 Å². The molecule has 2 aliphatic heterocycles. The van der Waals surface area contributed by atoms with Gasteiger partial charge in [0.25, 0.3) is 0 Å². The smallest absolute Gasteiger partial charge is 0.249 e. The van der Waals surface area contributed by atoms with Gasteiger partial charge in [-0.2, -0.15) is 0 Å². The van der Waals surface area contributed by atoms with Crippen molar-refractivity contribution in [3.05, 3.63) is 23.8 Å². The Hall–Kier alpha value is -2.41. The number of nitrogens with one attached hydrogen (secondary N) is 1. The van der Waals surface area contributed by atoms with Crippen LogP contribution in [-0.4, -0.2) is 42.1 Å². The SMILES string of the molecule is CN1c2c(C3CC(=O)C3)cccc2N(C2CCC(=O)NC2=O)C1O. The van der Waals surface area contributed by atoms with Gasteiger partial charge in [0, 0.05) is 26.3 Å². The average molecular weight is 329 g/mol. The molecule has 1 saturated heterocycles. The molecule has 24 heavy (non-hydrogen) atoms. The molecule has 3 aliphatic rings. The molecule has 4 rings (SSSR count). The number of aliphatic hydroxyl groups is 1. The number of aliphatic hydroxyl groups excluding tert-OH is 1. The lowest BCUT2D eigenvalue weighted by Gasteiger charge is -2.34. The number of rotatable bonds is 2. The number of amides is 2. The molecule has 2 N–H and O–H groups in total. The van der Waals surface area contributed by atoms with E-state index in [1.165, 1.54) is 0 Å². The van der Waals surface area contributed by atoms with Gasteiger partial charge >= 0.3 is 0 Å². The summed E-state index contributed by atoms with van der Waals surface area (Å²) >= 11 is 0. The number of imide groups is 1. The molecule has 0 radical (unpaired) electrons. The highest BCUT2D eigenvalue weighted by atomic mass is 16.3. The number of Topliss-reactive ketones (excluding diaryl/α,β-unsaturated/α-hetero) is 1. The number of hydrogen-bond acceptors (Lipinski definition) is 6. The molecule has 2 heterocycles. The third-order valence-corrected chi connectivity index (χ3v) is 5.21. The van der Waals surface area contributed by atoms with Crippen molar-refractivity contribution in [1.82, 2.24) is 5.32 Å². The van der Waals surface area contributed by atoms with Crippen molar-refractivity contribution < 1.29 is 19.5 Å². The van der Waals surface area contributed by atoms with Gasteiger partial charge in [-0.1, -0.05) is 12.1 Å². The minimum absolute atomic E-state index is 0.170.